The van der Waals surface area contributed by atoms with Crippen LogP contribution in [0.15, 0.2) is 48.5 Å². The standard InChI is InChI=1S/C16H26O2.C10H14O/c1-7-12(2)13-8-10-14(11-9-13)18-15(17-6)16(3,4)5;1-3-8(2)9-4-6-10(11)7-5-9/h8-12,15H,7H2,1-6H3;4-8,11H,3H2,1-2H3. The van der Waals surface area contributed by atoms with Crippen molar-refractivity contribution in [2.75, 3.05) is 7.11 Å². The van der Waals surface area contributed by atoms with Gasteiger partial charge in [-0.25, -0.2) is 0 Å². The lowest BCUT2D eigenvalue weighted by Gasteiger charge is -2.29. The lowest BCUT2D eigenvalue weighted by molar-refractivity contribution is -0.120. The lowest BCUT2D eigenvalue weighted by Crippen LogP contribution is -2.33. The van der Waals surface area contributed by atoms with Crippen molar-refractivity contribution in [2.24, 2.45) is 5.41 Å². The zero-order valence-corrected chi connectivity index (χ0v) is 19.5. The van der Waals surface area contributed by atoms with Crippen LogP contribution in [0.3, 0.4) is 0 Å². The molecule has 3 nitrogen and oxygen atoms in total. The Morgan fingerprint density at radius 2 is 1.21 bits per heavy atom. The van der Waals surface area contributed by atoms with Crippen molar-refractivity contribution in [2.45, 2.75) is 79.4 Å². The monoisotopic (exact) mass is 400 g/mol. The fraction of sp³-hybridized carbons (Fsp3) is 0.538. The van der Waals surface area contributed by atoms with Gasteiger partial charge in [-0.05, 0) is 60.1 Å². The molecule has 3 heteroatoms. The summed E-state index contributed by atoms with van der Waals surface area (Å²) >= 11 is 0. The van der Waals surface area contributed by atoms with E-state index in [-0.39, 0.29) is 11.7 Å². The lowest BCUT2D eigenvalue weighted by atomic mass is 9.96. The summed E-state index contributed by atoms with van der Waals surface area (Å²) in [4.78, 5) is 0. The van der Waals surface area contributed by atoms with Gasteiger partial charge in [0.1, 0.15) is 11.5 Å². The summed E-state index contributed by atoms with van der Waals surface area (Å²) < 4.78 is 11.3. The molecule has 0 aliphatic rings. The molecule has 0 bridgehead atoms. The minimum Gasteiger partial charge on any atom is -0.508 e. The average Bonchev–Trinajstić information content (AvgIpc) is 2.71. The Hall–Kier alpha value is -2.00. The number of hydrogen-bond donors (Lipinski definition) is 1. The van der Waals surface area contributed by atoms with Crippen LogP contribution in [0.1, 0.15) is 84.3 Å². The summed E-state index contributed by atoms with van der Waals surface area (Å²) in [5.41, 5.74) is 2.62. The van der Waals surface area contributed by atoms with E-state index in [1.165, 1.54) is 11.1 Å². The highest BCUT2D eigenvalue weighted by molar-refractivity contribution is 5.29. The molecule has 2 aromatic carbocycles. The molecule has 0 aliphatic carbocycles. The number of ether oxygens (including phenoxy) is 2. The molecule has 0 heterocycles. The normalized spacial score (nSPS) is 14.3. The van der Waals surface area contributed by atoms with E-state index in [9.17, 15) is 0 Å². The number of hydrogen-bond acceptors (Lipinski definition) is 3. The predicted molar refractivity (Wildman–Crippen MR) is 123 cm³/mol. The van der Waals surface area contributed by atoms with Gasteiger partial charge < -0.3 is 14.6 Å². The molecule has 0 amide bonds. The molecule has 0 fully saturated rings. The van der Waals surface area contributed by atoms with Crippen LogP contribution in [0, 0.1) is 5.41 Å². The molecule has 3 unspecified atom stereocenters. The second-order valence-corrected chi connectivity index (χ2v) is 8.83. The van der Waals surface area contributed by atoms with Crippen molar-refractivity contribution in [3.05, 3.63) is 59.7 Å². The van der Waals surface area contributed by atoms with E-state index < -0.39 is 0 Å². The Kier molecular flexibility index (Phi) is 10.2. The SMILES string of the molecule is CCC(C)c1ccc(O)cc1.CCC(C)c1ccc(OC(OC)C(C)(C)C)cc1. The zero-order chi connectivity index (χ0) is 22.0. The van der Waals surface area contributed by atoms with Crippen LogP contribution in [0.2, 0.25) is 0 Å². The third-order valence-corrected chi connectivity index (χ3v) is 5.30. The van der Waals surface area contributed by atoms with Crippen LogP contribution in [-0.2, 0) is 4.74 Å². The van der Waals surface area contributed by atoms with E-state index in [1.807, 2.05) is 24.3 Å². The molecule has 0 spiro atoms. The van der Waals surface area contributed by atoms with Crippen molar-refractivity contribution >= 4 is 0 Å². The first kappa shape index (κ1) is 25.0. The van der Waals surface area contributed by atoms with Crippen molar-refractivity contribution < 1.29 is 14.6 Å². The van der Waals surface area contributed by atoms with Crippen molar-refractivity contribution in [1.29, 1.82) is 0 Å². The third-order valence-electron chi connectivity index (χ3n) is 5.30. The Labute approximate surface area is 178 Å². The maximum Gasteiger partial charge on any atom is 0.204 e. The van der Waals surface area contributed by atoms with Crippen LogP contribution in [0.4, 0.5) is 0 Å². The average molecular weight is 401 g/mol. The van der Waals surface area contributed by atoms with E-state index in [0.717, 1.165) is 18.6 Å². The quantitative estimate of drug-likeness (QED) is 0.489. The maximum absolute atomic E-state index is 9.01. The maximum atomic E-state index is 9.01. The van der Waals surface area contributed by atoms with Crippen LogP contribution in [0.5, 0.6) is 11.5 Å². The Morgan fingerprint density at radius 3 is 1.55 bits per heavy atom. The number of phenolic OH excluding ortho intramolecular Hbond substituents is 1. The molecular formula is C26H40O3. The number of rotatable bonds is 7. The van der Waals surface area contributed by atoms with E-state index in [2.05, 4.69) is 60.6 Å². The second-order valence-electron chi connectivity index (χ2n) is 8.83. The first-order valence-electron chi connectivity index (χ1n) is 10.7. The van der Waals surface area contributed by atoms with Crippen molar-refractivity contribution in [1.82, 2.24) is 0 Å². The van der Waals surface area contributed by atoms with E-state index in [0.29, 0.717) is 17.6 Å². The van der Waals surface area contributed by atoms with E-state index in [1.54, 1.807) is 19.2 Å². The highest BCUT2D eigenvalue weighted by Gasteiger charge is 2.26. The van der Waals surface area contributed by atoms with Crippen LogP contribution >= 0.6 is 0 Å². The molecule has 2 rings (SSSR count). The molecular weight excluding hydrogens is 360 g/mol. The largest absolute Gasteiger partial charge is 0.508 e. The Morgan fingerprint density at radius 1 is 0.793 bits per heavy atom. The van der Waals surface area contributed by atoms with Gasteiger partial charge in [-0.1, -0.05) is 72.7 Å². The minimum atomic E-state index is -0.230. The predicted octanol–water partition coefficient (Wildman–Crippen LogP) is 7.50. The van der Waals surface area contributed by atoms with Crippen LogP contribution in [0.25, 0.3) is 0 Å². The molecule has 2 aromatic rings. The van der Waals surface area contributed by atoms with Gasteiger partial charge in [-0.3, -0.25) is 0 Å². The fourth-order valence-corrected chi connectivity index (χ4v) is 2.85. The van der Waals surface area contributed by atoms with Crippen molar-refractivity contribution in [3.63, 3.8) is 0 Å². The van der Waals surface area contributed by atoms with Crippen LogP contribution in [-0.4, -0.2) is 18.5 Å². The highest BCUT2D eigenvalue weighted by Crippen LogP contribution is 2.27. The number of methoxy groups -OCH3 is 1. The number of aromatic hydroxyl groups is 1. The third kappa shape index (κ3) is 8.49. The van der Waals surface area contributed by atoms with Gasteiger partial charge in [-0.2, -0.15) is 0 Å². The van der Waals surface area contributed by atoms with Gasteiger partial charge in [0.15, 0.2) is 0 Å². The first-order chi connectivity index (χ1) is 13.6. The fourth-order valence-electron chi connectivity index (χ4n) is 2.85. The smallest absolute Gasteiger partial charge is 0.204 e. The Balaban J connectivity index is 0.000000326. The zero-order valence-electron chi connectivity index (χ0n) is 19.5. The van der Waals surface area contributed by atoms with E-state index in [4.69, 9.17) is 14.6 Å². The number of phenols is 1. The molecule has 0 radical (unpaired) electrons. The summed E-state index contributed by atoms with van der Waals surface area (Å²) in [5.74, 6) is 2.40. The van der Waals surface area contributed by atoms with Crippen molar-refractivity contribution in [3.8, 4) is 11.5 Å². The highest BCUT2D eigenvalue weighted by atomic mass is 16.7. The number of benzene rings is 2. The van der Waals surface area contributed by atoms with Gasteiger partial charge >= 0.3 is 0 Å². The van der Waals surface area contributed by atoms with Gasteiger partial charge in [0.2, 0.25) is 6.29 Å². The van der Waals surface area contributed by atoms with Gasteiger partial charge in [0, 0.05) is 12.5 Å². The molecule has 0 saturated carbocycles. The molecule has 1 N–H and O–H groups in total. The van der Waals surface area contributed by atoms with Crippen LogP contribution < -0.4 is 4.74 Å². The summed E-state index contributed by atoms with van der Waals surface area (Å²) in [7, 11) is 1.68. The summed E-state index contributed by atoms with van der Waals surface area (Å²) in [6.45, 7) is 15.1. The summed E-state index contributed by atoms with van der Waals surface area (Å²) in [6, 6.07) is 15.8. The van der Waals surface area contributed by atoms with E-state index >= 15 is 0 Å². The topological polar surface area (TPSA) is 38.7 Å². The molecule has 0 aliphatic heterocycles. The van der Waals surface area contributed by atoms with Gasteiger partial charge in [0.05, 0.1) is 0 Å². The minimum absolute atomic E-state index is 0.0376. The molecule has 29 heavy (non-hydrogen) atoms. The Bertz CT molecular complexity index is 683. The summed E-state index contributed by atoms with van der Waals surface area (Å²) in [6.07, 6.45) is 2.07. The summed E-state index contributed by atoms with van der Waals surface area (Å²) in [5, 5.41) is 9.01. The van der Waals surface area contributed by atoms with Gasteiger partial charge in [-0.15, -0.1) is 0 Å². The molecule has 3 atom stereocenters. The first-order valence-corrected chi connectivity index (χ1v) is 10.7. The molecule has 162 valence electrons. The second kappa shape index (κ2) is 11.9. The molecule has 0 aromatic heterocycles. The molecule has 0 saturated heterocycles. The van der Waals surface area contributed by atoms with Gasteiger partial charge in [0.25, 0.3) is 0 Å².